The third kappa shape index (κ3) is 5.79. The van der Waals surface area contributed by atoms with E-state index in [1.165, 1.54) is 22.2 Å². The number of thioether (sulfide) groups is 1. The topological polar surface area (TPSA) is 61.4 Å². The van der Waals surface area contributed by atoms with Crippen molar-refractivity contribution in [1.82, 2.24) is 15.6 Å². The van der Waals surface area contributed by atoms with E-state index in [0.29, 0.717) is 0 Å². The first-order valence-electron chi connectivity index (χ1n) is 9.90. The van der Waals surface area contributed by atoms with Crippen molar-refractivity contribution in [3.63, 3.8) is 0 Å². The molecule has 1 saturated heterocycles. The number of aromatic amines is 1. The molecule has 156 valence electrons. The third-order valence-electron chi connectivity index (χ3n) is 5.35. The van der Waals surface area contributed by atoms with Crippen molar-refractivity contribution < 1.29 is 4.74 Å². The summed E-state index contributed by atoms with van der Waals surface area (Å²) in [6, 6.07) is 8.51. The summed E-state index contributed by atoms with van der Waals surface area (Å²) in [7, 11) is 1.84. The number of hydrogen-bond donors (Lipinski definition) is 3. The minimum absolute atomic E-state index is 0. The smallest absolute Gasteiger partial charge is 0.191 e. The Kier molecular flexibility index (Phi) is 9.43. The number of halogens is 1. The highest BCUT2D eigenvalue weighted by atomic mass is 127. The molecule has 1 fully saturated rings. The van der Waals surface area contributed by atoms with Gasteiger partial charge in [-0.2, -0.15) is 11.8 Å². The largest absolute Gasteiger partial charge is 0.381 e. The number of aryl methyl sites for hydroxylation is 1. The van der Waals surface area contributed by atoms with Gasteiger partial charge >= 0.3 is 0 Å². The molecule has 0 spiro atoms. The summed E-state index contributed by atoms with van der Waals surface area (Å²) in [6.45, 7) is 7.90. The summed E-state index contributed by atoms with van der Waals surface area (Å²) in [5, 5.41) is 8.35. The van der Waals surface area contributed by atoms with Crippen LogP contribution in [0.5, 0.6) is 0 Å². The van der Waals surface area contributed by atoms with Gasteiger partial charge in [0.15, 0.2) is 5.96 Å². The summed E-state index contributed by atoms with van der Waals surface area (Å²) in [5.74, 6) is 2.02. The maximum atomic E-state index is 5.57. The minimum atomic E-state index is 0. The molecule has 28 heavy (non-hydrogen) atoms. The van der Waals surface area contributed by atoms with Gasteiger partial charge in [0, 0.05) is 54.7 Å². The van der Waals surface area contributed by atoms with Gasteiger partial charge in [-0.15, -0.1) is 24.0 Å². The molecular weight excluding hydrogens is 483 g/mol. The Bertz CT molecular complexity index is 765. The first-order chi connectivity index (χ1) is 13.2. The predicted octanol–water partition coefficient (Wildman–Crippen LogP) is 4.10. The summed E-state index contributed by atoms with van der Waals surface area (Å²) in [6.07, 6.45) is 3.17. The number of aliphatic imine (C=N–C) groups is 1. The van der Waals surface area contributed by atoms with Crippen molar-refractivity contribution >= 4 is 52.6 Å². The molecule has 1 aliphatic heterocycles. The number of ether oxygens (including phenoxy) is 1. The van der Waals surface area contributed by atoms with Crippen LogP contribution in [-0.2, 0) is 11.2 Å². The first-order valence-corrected chi connectivity index (χ1v) is 10.9. The van der Waals surface area contributed by atoms with E-state index >= 15 is 0 Å². The minimum Gasteiger partial charge on any atom is -0.381 e. The fraction of sp³-hybridized carbons (Fsp3) is 0.571. The second kappa shape index (κ2) is 11.3. The molecule has 1 aromatic heterocycles. The predicted molar refractivity (Wildman–Crippen MR) is 132 cm³/mol. The fourth-order valence-electron chi connectivity index (χ4n) is 3.85. The number of hydrogen-bond acceptors (Lipinski definition) is 3. The maximum Gasteiger partial charge on any atom is 0.191 e. The zero-order chi connectivity index (χ0) is 19.1. The zero-order valence-electron chi connectivity index (χ0n) is 17.1. The van der Waals surface area contributed by atoms with Gasteiger partial charge in [0.2, 0.25) is 0 Å². The summed E-state index contributed by atoms with van der Waals surface area (Å²) < 4.78 is 5.83. The van der Waals surface area contributed by atoms with Gasteiger partial charge in [0.05, 0.1) is 0 Å². The van der Waals surface area contributed by atoms with Crippen LogP contribution in [0.2, 0.25) is 0 Å². The van der Waals surface area contributed by atoms with E-state index < -0.39 is 0 Å². The molecule has 0 saturated carbocycles. The average Bonchev–Trinajstić information content (AvgIpc) is 3.01. The highest BCUT2D eigenvalue weighted by Crippen LogP contribution is 2.34. The van der Waals surface area contributed by atoms with Gasteiger partial charge in [0.25, 0.3) is 0 Å². The van der Waals surface area contributed by atoms with Crippen molar-refractivity contribution in [2.45, 2.75) is 37.9 Å². The summed E-state index contributed by atoms with van der Waals surface area (Å²) in [4.78, 5) is 7.89. The second-order valence-electron chi connectivity index (χ2n) is 7.11. The number of benzene rings is 1. The van der Waals surface area contributed by atoms with Crippen molar-refractivity contribution in [3.8, 4) is 0 Å². The Labute approximate surface area is 189 Å². The fourth-order valence-corrected chi connectivity index (χ4v) is 5.09. The Morgan fingerprint density at radius 1 is 1.25 bits per heavy atom. The molecule has 0 radical (unpaired) electrons. The van der Waals surface area contributed by atoms with Crippen LogP contribution in [0.15, 0.2) is 29.3 Å². The van der Waals surface area contributed by atoms with Crippen LogP contribution in [-0.4, -0.2) is 54.8 Å². The van der Waals surface area contributed by atoms with E-state index in [4.69, 9.17) is 4.74 Å². The Hall–Kier alpha value is -0.930. The number of aromatic nitrogens is 1. The molecule has 2 aromatic rings. The lowest BCUT2D eigenvalue weighted by Gasteiger charge is -2.37. The lowest BCUT2D eigenvalue weighted by atomic mass is 9.99. The van der Waals surface area contributed by atoms with Gasteiger partial charge in [-0.1, -0.05) is 25.1 Å². The van der Waals surface area contributed by atoms with E-state index in [0.717, 1.165) is 57.3 Å². The van der Waals surface area contributed by atoms with Gasteiger partial charge < -0.3 is 20.4 Å². The van der Waals surface area contributed by atoms with Crippen LogP contribution in [0.4, 0.5) is 0 Å². The van der Waals surface area contributed by atoms with E-state index in [1.54, 1.807) is 0 Å². The highest BCUT2D eigenvalue weighted by Gasteiger charge is 2.32. The number of fused-ring (bicyclic) bond motifs is 1. The van der Waals surface area contributed by atoms with Crippen LogP contribution < -0.4 is 10.6 Å². The molecule has 7 heteroatoms. The molecule has 0 amide bonds. The third-order valence-corrected chi connectivity index (χ3v) is 6.80. The standard InChI is InChI=1S/C21H32N4OS.HI/c1-4-27-21(10-13-26-14-11-21)15-24-20(22-3)23-12-9-17-16(2)25-19-8-6-5-7-18(17)19;/h5-8,25H,4,9-15H2,1-3H3,(H2,22,23,24);1H. The van der Waals surface area contributed by atoms with Gasteiger partial charge in [-0.3, -0.25) is 4.99 Å². The van der Waals surface area contributed by atoms with Crippen molar-refractivity contribution in [2.75, 3.05) is 39.1 Å². The van der Waals surface area contributed by atoms with E-state index in [-0.39, 0.29) is 28.7 Å². The Balaban J connectivity index is 0.00000280. The van der Waals surface area contributed by atoms with E-state index in [9.17, 15) is 0 Å². The van der Waals surface area contributed by atoms with Crippen molar-refractivity contribution in [2.24, 2.45) is 4.99 Å². The SMILES string of the molecule is CCSC1(CNC(=NC)NCCc2c(C)[nH]c3ccccc23)CCOCC1.I. The monoisotopic (exact) mass is 516 g/mol. The quantitative estimate of drug-likeness (QED) is 0.295. The van der Waals surface area contributed by atoms with Crippen molar-refractivity contribution in [3.05, 3.63) is 35.5 Å². The Morgan fingerprint density at radius 2 is 2.00 bits per heavy atom. The average molecular weight is 516 g/mol. The van der Waals surface area contributed by atoms with E-state index in [1.807, 2.05) is 18.8 Å². The van der Waals surface area contributed by atoms with Crippen molar-refractivity contribution in [1.29, 1.82) is 0 Å². The molecule has 0 bridgehead atoms. The molecule has 3 N–H and O–H groups in total. The summed E-state index contributed by atoms with van der Waals surface area (Å²) >= 11 is 2.05. The lowest BCUT2D eigenvalue weighted by molar-refractivity contribution is 0.0782. The number of para-hydroxylation sites is 1. The van der Waals surface area contributed by atoms with Crippen LogP contribution in [0, 0.1) is 6.92 Å². The number of H-pyrrole nitrogens is 1. The van der Waals surface area contributed by atoms with E-state index in [2.05, 4.69) is 58.7 Å². The number of rotatable bonds is 7. The highest BCUT2D eigenvalue weighted by molar-refractivity contribution is 14.0. The molecule has 5 nitrogen and oxygen atoms in total. The first kappa shape index (κ1) is 23.3. The van der Waals surface area contributed by atoms with Crippen LogP contribution in [0.3, 0.4) is 0 Å². The molecule has 1 aliphatic rings. The number of guanidine groups is 1. The van der Waals surface area contributed by atoms with Crippen LogP contribution in [0.25, 0.3) is 10.9 Å². The van der Waals surface area contributed by atoms with Crippen LogP contribution >= 0.6 is 35.7 Å². The molecular formula is C21H33IN4OS. The molecule has 2 heterocycles. The van der Waals surface area contributed by atoms with Gasteiger partial charge in [-0.25, -0.2) is 0 Å². The molecule has 1 aromatic carbocycles. The molecule has 3 rings (SSSR count). The Morgan fingerprint density at radius 3 is 2.71 bits per heavy atom. The van der Waals surface area contributed by atoms with Gasteiger partial charge in [0.1, 0.15) is 0 Å². The second-order valence-corrected chi connectivity index (χ2v) is 8.84. The molecule has 0 aliphatic carbocycles. The summed E-state index contributed by atoms with van der Waals surface area (Å²) in [5.41, 5.74) is 3.85. The van der Waals surface area contributed by atoms with Gasteiger partial charge in [-0.05, 0) is 43.6 Å². The molecule has 0 unspecified atom stereocenters. The zero-order valence-corrected chi connectivity index (χ0v) is 20.3. The number of nitrogens with one attached hydrogen (secondary N) is 3. The lowest BCUT2D eigenvalue weighted by Crippen LogP contribution is -2.48. The molecule has 0 atom stereocenters. The number of nitrogens with zero attached hydrogens (tertiary/aromatic N) is 1. The maximum absolute atomic E-state index is 5.57. The van der Waals surface area contributed by atoms with Crippen LogP contribution in [0.1, 0.15) is 31.0 Å². The normalized spacial score (nSPS) is 16.6.